The van der Waals surface area contributed by atoms with E-state index in [9.17, 15) is 4.79 Å². The molecule has 1 aromatic rings. The van der Waals surface area contributed by atoms with Gasteiger partial charge in [-0.3, -0.25) is 4.90 Å². The number of carbonyl (C=O) groups is 1. The Morgan fingerprint density at radius 3 is 2.56 bits per heavy atom. The van der Waals surface area contributed by atoms with Gasteiger partial charge < -0.3 is 4.74 Å². The molecule has 1 amide bonds. The summed E-state index contributed by atoms with van der Waals surface area (Å²) in [7, 11) is 0. The van der Waals surface area contributed by atoms with Crippen molar-refractivity contribution in [3.05, 3.63) is 30.5 Å². The molecule has 0 aromatic carbocycles. The number of hydrogen-bond acceptors (Lipinski definition) is 3. The molecular weight excluding hydrogens is 228 g/mol. The highest BCUT2D eigenvalue weighted by atomic mass is 16.6. The van der Waals surface area contributed by atoms with Crippen molar-refractivity contribution in [3.8, 4) is 0 Å². The van der Waals surface area contributed by atoms with Gasteiger partial charge in [0.05, 0.1) is 0 Å². The molecule has 0 aliphatic carbocycles. The Labute approximate surface area is 108 Å². The van der Waals surface area contributed by atoms with Crippen LogP contribution in [0.2, 0.25) is 0 Å². The monoisotopic (exact) mass is 248 g/mol. The average molecular weight is 248 g/mol. The van der Waals surface area contributed by atoms with Crippen LogP contribution in [0.15, 0.2) is 24.9 Å². The number of pyridine rings is 1. The third-order valence-corrected chi connectivity index (χ3v) is 2.21. The third kappa shape index (κ3) is 3.87. The first-order valence-corrected chi connectivity index (χ1v) is 5.96. The van der Waals surface area contributed by atoms with Gasteiger partial charge in [-0.25, -0.2) is 9.78 Å². The lowest BCUT2D eigenvalue weighted by molar-refractivity contribution is 0.0581. The second-order valence-electron chi connectivity index (χ2n) is 4.88. The van der Waals surface area contributed by atoms with Crippen molar-refractivity contribution in [3.63, 3.8) is 0 Å². The van der Waals surface area contributed by atoms with Gasteiger partial charge in [-0.15, -0.1) is 0 Å². The Hall–Kier alpha value is -1.84. The maximum Gasteiger partial charge on any atom is 0.415 e. The summed E-state index contributed by atoms with van der Waals surface area (Å²) < 4.78 is 5.33. The van der Waals surface area contributed by atoms with Gasteiger partial charge in [-0.1, -0.05) is 12.7 Å². The predicted octanol–water partition coefficient (Wildman–Crippen LogP) is 3.49. The molecule has 0 spiro atoms. The van der Waals surface area contributed by atoms with Crippen LogP contribution in [0.4, 0.5) is 10.6 Å². The molecule has 0 bridgehead atoms. The number of ether oxygens (including phenoxy) is 1. The summed E-state index contributed by atoms with van der Waals surface area (Å²) in [5.74, 6) is 0.581. The number of carbonyl (C=O) groups excluding carboxylic acids is 1. The first-order chi connectivity index (χ1) is 8.37. The van der Waals surface area contributed by atoms with Crippen LogP contribution in [0.5, 0.6) is 0 Å². The quantitative estimate of drug-likeness (QED) is 0.822. The van der Waals surface area contributed by atoms with Gasteiger partial charge in [0.15, 0.2) is 0 Å². The fourth-order valence-electron chi connectivity index (χ4n) is 1.38. The molecule has 0 radical (unpaired) electrons. The van der Waals surface area contributed by atoms with Crippen molar-refractivity contribution in [2.24, 2.45) is 0 Å². The zero-order valence-electron chi connectivity index (χ0n) is 11.4. The van der Waals surface area contributed by atoms with Gasteiger partial charge >= 0.3 is 6.09 Å². The largest absolute Gasteiger partial charge is 0.443 e. The van der Waals surface area contributed by atoms with E-state index in [1.165, 1.54) is 4.90 Å². The minimum atomic E-state index is -0.508. The molecule has 0 fully saturated rings. The Bertz CT molecular complexity index is 418. The van der Waals surface area contributed by atoms with Crippen LogP contribution in [-0.2, 0) is 4.74 Å². The first kappa shape index (κ1) is 14.2. The van der Waals surface area contributed by atoms with E-state index < -0.39 is 5.60 Å². The predicted molar refractivity (Wildman–Crippen MR) is 73.6 cm³/mol. The number of amides is 1. The fourth-order valence-corrected chi connectivity index (χ4v) is 1.38. The first-order valence-electron chi connectivity index (χ1n) is 5.96. The number of anilines is 1. The lowest BCUT2D eigenvalue weighted by Gasteiger charge is -2.25. The van der Waals surface area contributed by atoms with Gasteiger partial charge in [0.1, 0.15) is 11.4 Å². The molecule has 4 nitrogen and oxygen atoms in total. The molecule has 1 aromatic heterocycles. The molecule has 4 heteroatoms. The minimum Gasteiger partial charge on any atom is -0.443 e. The van der Waals surface area contributed by atoms with Crippen molar-refractivity contribution >= 4 is 18.0 Å². The van der Waals surface area contributed by atoms with E-state index in [4.69, 9.17) is 4.74 Å². The maximum absolute atomic E-state index is 12.0. The Morgan fingerprint density at radius 2 is 2.17 bits per heavy atom. The summed E-state index contributed by atoms with van der Waals surface area (Å²) >= 11 is 0. The molecular formula is C14H20N2O2. The third-order valence-electron chi connectivity index (χ3n) is 2.21. The van der Waals surface area contributed by atoms with Crippen LogP contribution >= 0.6 is 0 Å². The summed E-state index contributed by atoms with van der Waals surface area (Å²) in [6.07, 6.45) is 3.00. The van der Waals surface area contributed by atoms with Gasteiger partial charge in [0.25, 0.3) is 0 Å². The van der Waals surface area contributed by atoms with Crippen LogP contribution in [-0.4, -0.2) is 23.2 Å². The molecule has 0 aliphatic rings. The summed E-state index contributed by atoms with van der Waals surface area (Å²) in [6.45, 7) is 11.6. The van der Waals surface area contributed by atoms with Crippen molar-refractivity contribution < 1.29 is 9.53 Å². The topological polar surface area (TPSA) is 42.4 Å². The summed E-state index contributed by atoms with van der Waals surface area (Å²) in [5, 5.41) is 0. The zero-order chi connectivity index (χ0) is 13.8. The van der Waals surface area contributed by atoms with Gasteiger partial charge in [-0.05, 0) is 45.4 Å². The van der Waals surface area contributed by atoms with E-state index in [1.54, 1.807) is 18.3 Å². The number of nitrogens with zero attached hydrogens (tertiary/aromatic N) is 2. The lowest BCUT2D eigenvalue weighted by atomic mass is 10.2. The standard InChI is InChI=1S/C14H20N2O2/c1-6-11-8-9-12(15-10-11)16(7-2)13(17)18-14(3,4)5/h6,8-10H,1,7H2,2-5H3. The molecule has 1 heterocycles. The van der Waals surface area contributed by atoms with Crippen LogP contribution in [0.3, 0.4) is 0 Å². The number of hydrogen-bond donors (Lipinski definition) is 0. The second-order valence-corrected chi connectivity index (χ2v) is 4.88. The van der Waals surface area contributed by atoms with E-state index in [2.05, 4.69) is 11.6 Å². The molecule has 0 unspecified atom stereocenters. The van der Waals surface area contributed by atoms with E-state index in [0.717, 1.165) is 5.56 Å². The molecule has 0 saturated carbocycles. The normalized spacial score (nSPS) is 10.9. The molecule has 0 saturated heterocycles. The van der Waals surface area contributed by atoms with E-state index in [0.29, 0.717) is 12.4 Å². The van der Waals surface area contributed by atoms with E-state index in [-0.39, 0.29) is 6.09 Å². The van der Waals surface area contributed by atoms with Gasteiger partial charge in [0, 0.05) is 12.7 Å². The Kier molecular flexibility index (Phi) is 4.48. The van der Waals surface area contributed by atoms with Crippen LogP contribution in [0, 0.1) is 0 Å². The fraction of sp³-hybridized carbons (Fsp3) is 0.429. The van der Waals surface area contributed by atoms with E-state index in [1.807, 2.05) is 33.8 Å². The highest BCUT2D eigenvalue weighted by molar-refractivity contribution is 5.86. The van der Waals surface area contributed by atoms with Crippen molar-refractivity contribution in [1.29, 1.82) is 0 Å². The van der Waals surface area contributed by atoms with Crippen molar-refractivity contribution in [2.45, 2.75) is 33.3 Å². The second kappa shape index (κ2) is 5.67. The molecule has 98 valence electrons. The van der Waals surface area contributed by atoms with Gasteiger partial charge in [-0.2, -0.15) is 0 Å². The van der Waals surface area contributed by atoms with Crippen molar-refractivity contribution in [2.75, 3.05) is 11.4 Å². The number of rotatable bonds is 3. The average Bonchev–Trinajstić information content (AvgIpc) is 2.28. The smallest absolute Gasteiger partial charge is 0.415 e. The van der Waals surface area contributed by atoms with E-state index >= 15 is 0 Å². The van der Waals surface area contributed by atoms with Crippen LogP contribution in [0.25, 0.3) is 6.08 Å². The summed E-state index contributed by atoms with van der Waals surface area (Å²) in [5.41, 5.74) is 0.407. The molecule has 0 atom stereocenters. The lowest BCUT2D eigenvalue weighted by Crippen LogP contribution is -2.37. The molecule has 1 rings (SSSR count). The zero-order valence-corrected chi connectivity index (χ0v) is 11.4. The maximum atomic E-state index is 12.0. The Balaban J connectivity index is 2.88. The molecule has 0 N–H and O–H groups in total. The highest BCUT2D eigenvalue weighted by Crippen LogP contribution is 2.16. The summed E-state index contributed by atoms with van der Waals surface area (Å²) in [6, 6.07) is 3.65. The molecule has 0 aliphatic heterocycles. The van der Waals surface area contributed by atoms with Gasteiger partial charge in [0.2, 0.25) is 0 Å². The Morgan fingerprint density at radius 1 is 1.50 bits per heavy atom. The minimum absolute atomic E-state index is 0.385. The van der Waals surface area contributed by atoms with Crippen LogP contribution < -0.4 is 4.90 Å². The summed E-state index contributed by atoms with van der Waals surface area (Å²) in [4.78, 5) is 17.7. The number of aromatic nitrogens is 1. The highest BCUT2D eigenvalue weighted by Gasteiger charge is 2.22. The van der Waals surface area contributed by atoms with Crippen molar-refractivity contribution in [1.82, 2.24) is 4.98 Å². The van der Waals surface area contributed by atoms with Crippen LogP contribution in [0.1, 0.15) is 33.3 Å². The molecule has 18 heavy (non-hydrogen) atoms. The SMILES string of the molecule is C=Cc1ccc(N(CC)C(=O)OC(C)(C)C)nc1.